The van der Waals surface area contributed by atoms with Crippen LogP contribution < -0.4 is 20.1 Å². The number of benzene rings is 3. The SMILES string of the molecule is COc1ccc(NS(=O)(=O)c2ccc(C)c(C(=O)NCCNC(=O)Cc3cccc(F)c3)c2)cc1. The van der Waals surface area contributed by atoms with Crippen molar-refractivity contribution in [1.29, 1.82) is 0 Å². The number of halogens is 1. The van der Waals surface area contributed by atoms with Crippen LogP contribution >= 0.6 is 0 Å². The second-order valence-electron chi connectivity index (χ2n) is 7.72. The highest BCUT2D eigenvalue weighted by molar-refractivity contribution is 7.92. The fourth-order valence-corrected chi connectivity index (χ4v) is 4.34. The summed E-state index contributed by atoms with van der Waals surface area (Å²) in [6.45, 7) is 1.99. The molecule has 3 aromatic rings. The van der Waals surface area contributed by atoms with Crippen LogP contribution in [0.2, 0.25) is 0 Å². The molecular weight excluding hydrogens is 473 g/mol. The van der Waals surface area contributed by atoms with Crippen molar-refractivity contribution in [1.82, 2.24) is 10.6 Å². The average molecular weight is 500 g/mol. The van der Waals surface area contributed by atoms with Crippen LogP contribution in [-0.2, 0) is 21.2 Å². The first-order valence-electron chi connectivity index (χ1n) is 10.7. The molecule has 0 aliphatic heterocycles. The highest BCUT2D eigenvalue weighted by Crippen LogP contribution is 2.21. The lowest BCUT2D eigenvalue weighted by atomic mass is 10.1. The Bertz CT molecular complexity index is 1310. The lowest BCUT2D eigenvalue weighted by molar-refractivity contribution is -0.120. The van der Waals surface area contributed by atoms with E-state index in [4.69, 9.17) is 4.74 Å². The molecule has 8 nitrogen and oxygen atoms in total. The first-order valence-corrected chi connectivity index (χ1v) is 12.2. The topological polar surface area (TPSA) is 114 Å². The molecule has 0 saturated carbocycles. The van der Waals surface area contributed by atoms with E-state index in [0.29, 0.717) is 22.6 Å². The van der Waals surface area contributed by atoms with E-state index in [-0.39, 0.29) is 35.9 Å². The number of nitrogens with one attached hydrogen (secondary N) is 3. The normalized spacial score (nSPS) is 10.9. The van der Waals surface area contributed by atoms with E-state index in [1.165, 1.54) is 37.4 Å². The van der Waals surface area contributed by atoms with Crippen molar-refractivity contribution in [2.75, 3.05) is 24.9 Å². The summed E-state index contributed by atoms with van der Waals surface area (Å²) in [7, 11) is -2.42. The van der Waals surface area contributed by atoms with Crippen LogP contribution in [-0.4, -0.2) is 40.4 Å². The average Bonchev–Trinajstić information content (AvgIpc) is 2.82. The molecule has 0 aromatic heterocycles. The van der Waals surface area contributed by atoms with Gasteiger partial charge in [0.25, 0.3) is 15.9 Å². The standard InChI is InChI=1S/C25H26FN3O5S/c1-17-6-11-22(35(32,33)29-20-7-9-21(34-2)10-8-20)16-23(17)25(31)28-13-12-27-24(30)15-18-4-3-5-19(26)14-18/h3-11,14,16,29H,12-13,15H2,1-2H3,(H,27,30)(H,28,31). The number of anilines is 1. The molecule has 3 rings (SSSR count). The number of carbonyl (C=O) groups excluding carboxylic acids is 2. The Hall–Kier alpha value is -3.92. The lowest BCUT2D eigenvalue weighted by Gasteiger charge is -2.12. The summed E-state index contributed by atoms with van der Waals surface area (Å²) in [6, 6.07) is 16.4. The minimum Gasteiger partial charge on any atom is -0.497 e. The maximum absolute atomic E-state index is 13.2. The fraction of sp³-hybridized carbons (Fsp3) is 0.200. The Morgan fingerprint density at radius 3 is 2.34 bits per heavy atom. The Kier molecular flexibility index (Phi) is 8.43. The summed E-state index contributed by atoms with van der Waals surface area (Å²) in [6.07, 6.45) is 0.0198. The molecular formula is C25H26FN3O5S. The molecule has 0 aliphatic rings. The van der Waals surface area contributed by atoms with Gasteiger partial charge in [-0.1, -0.05) is 18.2 Å². The second-order valence-corrected chi connectivity index (χ2v) is 9.41. The third-order valence-corrected chi connectivity index (χ3v) is 6.47. The van der Waals surface area contributed by atoms with Gasteiger partial charge in [0, 0.05) is 24.3 Å². The smallest absolute Gasteiger partial charge is 0.261 e. The molecule has 35 heavy (non-hydrogen) atoms. The summed E-state index contributed by atoms with van der Waals surface area (Å²) in [5.74, 6) is -0.601. The molecule has 184 valence electrons. The number of methoxy groups -OCH3 is 1. The van der Waals surface area contributed by atoms with Gasteiger partial charge in [0.1, 0.15) is 11.6 Å². The molecule has 10 heteroatoms. The van der Waals surface area contributed by atoms with Gasteiger partial charge in [-0.2, -0.15) is 0 Å². The molecule has 0 spiro atoms. The molecule has 3 aromatic carbocycles. The fourth-order valence-electron chi connectivity index (χ4n) is 3.25. The third-order valence-electron chi connectivity index (χ3n) is 5.09. The van der Waals surface area contributed by atoms with Gasteiger partial charge < -0.3 is 15.4 Å². The number of sulfonamides is 1. The van der Waals surface area contributed by atoms with Gasteiger partial charge in [-0.15, -0.1) is 0 Å². The lowest BCUT2D eigenvalue weighted by Crippen LogP contribution is -2.35. The van der Waals surface area contributed by atoms with Crippen LogP contribution in [0.3, 0.4) is 0 Å². The molecule has 0 fully saturated rings. The van der Waals surface area contributed by atoms with E-state index < -0.39 is 21.7 Å². The second kappa shape index (κ2) is 11.5. The highest BCUT2D eigenvalue weighted by atomic mass is 32.2. The molecule has 0 radical (unpaired) electrons. The molecule has 0 heterocycles. The van der Waals surface area contributed by atoms with Crippen molar-refractivity contribution in [2.45, 2.75) is 18.2 Å². The van der Waals surface area contributed by atoms with Crippen molar-refractivity contribution in [3.63, 3.8) is 0 Å². The van der Waals surface area contributed by atoms with Crippen LogP contribution in [0.1, 0.15) is 21.5 Å². The van der Waals surface area contributed by atoms with Crippen molar-refractivity contribution in [3.8, 4) is 5.75 Å². The minimum atomic E-state index is -3.93. The number of ether oxygens (including phenoxy) is 1. The molecule has 0 atom stereocenters. The summed E-state index contributed by atoms with van der Waals surface area (Å²) in [5.41, 5.74) is 1.70. The zero-order valence-electron chi connectivity index (χ0n) is 19.3. The summed E-state index contributed by atoms with van der Waals surface area (Å²) < 4.78 is 46.4. The summed E-state index contributed by atoms with van der Waals surface area (Å²) >= 11 is 0. The molecule has 0 aliphatic carbocycles. The zero-order chi connectivity index (χ0) is 25.4. The molecule has 3 N–H and O–H groups in total. The number of hydrogen-bond acceptors (Lipinski definition) is 5. The molecule has 0 unspecified atom stereocenters. The van der Waals surface area contributed by atoms with Gasteiger partial charge in [0.05, 0.1) is 18.4 Å². The Morgan fingerprint density at radius 1 is 0.943 bits per heavy atom. The Morgan fingerprint density at radius 2 is 1.66 bits per heavy atom. The van der Waals surface area contributed by atoms with Crippen LogP contribution in [0.15, 0.2) is 71.6 Å². The van der Waals surface area contributed by atoms with Gasteiger partial charge in [-0.05, 0) is 66.6 Å². The summed E-state index contributed by atoms with van der Waals surface area (Å²) in [5, 5.41) is 5.32. The van der Waals surface area contributed by atoms with E-state index in [1.54, 1.807) is 43.3 Å². The van der Waals surface area contributed by atoms with Gasteiger partial charge in [-0.3, -0.25) is 14.3 Å². The van der Waals surface area contributed by atoms with E-state index in [1.807, 2.05) is 0 Å². The predicted molar refractivity (Wildman–Crippen MR) is 130 cm³/mol. The maximum atomic E-state index is 13.2. The highest BCUT2D eigenvalue weighted by Gasteiger charge is 2.18. The zero-order valence-corrected chi connectivity index (χ0v) is 20.1. The molecule has 2 amide bonds. The first-order chi connectivity index (χ1) is 16.7. The van der Waals surface area contributed by atoms with Gasteiger partial charge >= 0.3 is 0 Å². The quantitative estimate of drug-likeness (QED) is 0.371. The minimum absolute atomic E-state index is 0.0198. The van der Waals surface area contributed by atoms with Gasteiger partial charge in [-0.25, -0.2) is 12.8 Å². The largest absolute Gasteiger partial charge is 0.497 e. The number of amides is 2. The Labute approximate surface area is 203 Å². The van der Waals surface area contributed by atoms with Crippen molar-refractivity contribution in [3.05, 3.63) is 89.2 Å². The van der Waals surface area contributed by atoms with Crippen molar-refractivity contribution >= 4 is 27.5 Å². The van der Waals surface area contributed by atoms with E-state index in [2.05, 4.69) is 15.4 Å². The van der Waals surface area contributed by atoms with Crippen LogP contribution in [0.25, 0.3) is 0 Å². The Balaban J connectivity index is 1.57. The van der Waals surface area contributed by atoms with E-state index in [9.17, 15) is 22.4 Å². The van der Waals surface area contributed by atoms with Gasteiger partial charge in [0.15, 0.2) is 0 Å². The molecule has 0 bridgehead atoms. The number of carbonyl (C=O) groups is 2. The van der Waals surface area contributed by atoms with E-state index in [0.717, 1.165) is 0 Å². The predicted octanol–water partition coefficient (Wildman–Crippen LogP) is 3.03. The first kappa shape index (κ1) is 25.7. The number of aryl methyl sites for hydroxylation is 1. The van der Waals surface area contributed by atoms with Crippen molar-refractivity contribution in [2.24, 2.45) is 0 Å². The van der Waals surface area contributed by atoms with Crippen molar-refractivity contribution < 1.29 is 27.1 Å². The molecule has 0 saturated heterocycles. The van der Waals surface area contributed by atoms with E-state index >= 15 is 0 Å². The van der Waals surface area contributed by atoms with Crippen LogP contribution in [0.5, 0.6) is 5.75 Å². The number of rotatable bonds is 10. The van der Waals surface area contributed by atoms with Gasteiger partial charge in [0.2, 0.25) is 5.91 Å². The maximum Gasteiger partial charge on any atom is 0.261 e. The van der Waals surface area contributed by atoms with Crippen LogP contribution in [0.4, 0.5) is 10.1 Å². The monoisotopic (exact) mass is 499 g/mol. The summed E-state index contributed by atoms with van der Waals surface area (Å²) in [4.78, 5) is 24.6. The third kappa shape index (κ3) is 7.28. The number of hydrogen-bond donors (Lipinski definition) is 3. The van der Waals surface area contributed by atoms with Crippen LogP contribution in [0, 0.1) is 12.7 Å².